The molecular formula is C10H19NO3S. The zero-order chi connectivity index (χ0) is 10.9. The number of sulfone groups is 1. The average Bonchev–Trinajstić information content (AvgIpc) is 2.17. The molecule has 0 spiro atoms. The summed E-state index contributed by atoms with van der Waals surface area (Å²) in [4.78, 5) is 0. The third kappa shape index (κ3) is 2.71. The van der Waals surface area contributed by atoms with Crippen LogP contribution in [0.3, 0.4) is 0 Å². The van der Waals surface area contributed by atoms with Crippen LogP contribution in [-0.4, -0.2) is 44.2 Å². The highest BCUT2D eigenvalue weighted by Crippen LogP contribution is 2.30. The van der Waals surface area contributed by atoms with Gasteiger partial charge in [0.15, 0.2) is 9.84 Å². The Morgan fingerprint density at radius 1 is 1.27 bits per heavy atom. The van der Waals surface area contributed by atoms with Crippen LogP contribution >= 0.6 is 0 Å². The van der Waals surface area contributed by atoms with Crippen LogP contribution in [0.5, 0.6) is 0 Å². The van der Waals surface area contributed by atoms with Gasteiger partial charge in [-0.1, -0.05) is 0 Å². The minimum Gasteiger partial charge on any atom is -0.392 e. The minimum absolute atomic E-state index is 0.181. The van der Waals surface area contributed by atoms with Gasteiger partial charge in [0.2, 0.25) is 0 Å². The molecule has 0 saturated carbocycles. The molecule has 0 bridgehead atoms. The molecule has 2 aliphatic heterocycles. The van der Waals surface area contributed by atoms with Crippen molar-refractivity contribution in [3.8, 4) is 0 Å². The third-order valence-corrected chi connectivity index (χ3v) is 5.45. The molecule has 0 radical (unpaired) electrons. The largest absolute Gasteiger partial charge is 0.392 e. The van der Waals surface area contributed by atoms with Crippen molar-refractivity contribution < 1.29 is 13.5 Å². The van der Waals surface area contributed by atoms with Crippen LogP contribution in [0.4, 0.5) is 0 Å². The van der Waals surface area contributed by atoms with E-state index in [0.29, 0.717) is 12.3 Å². The zero-order valence-electron chi connectivity index (χ0n) is 8.85. The van der Waals surface area contributed by atoms with Gasteiger partial charge in [-0.3, -0.25) is 0 Å². The van der Waals surface area contributed by atoms with Crippen LogP contribution in [0.25, 0.3) is 0 Å². The Bertz CT molecular complexity index is 315. The standard InChI is InChI=1S/C10H19NO3S/c12-10-6-11-4-3-9(10)8-2-1-5-15(13,14)7-8/h8-12H,1-7H2. The molecule has 0 aromatic heterocycles. The zero-order valence-corrected chi connectivity index (χ0v) is 9.67. The monoisotopic (exact) mass is 233 g/mol. The van der Waals surface area contributed by atoms with Gasteiger partial charge in [0.25, 0.3) is 0 Å². The van der Waals surface area contributed by atoms with Crippen molar-refractivity contribution in [2.75, 3.05) is 24.6 Å². The van der Waals surface area contributed by atoms with Crippen LogP contribution in [0.15, 0.2) is 0 Å². The first-order valence-electron chi connectivity index (χ1n) is 5.68. The Balaban J connectivity index is 2.03. The highest BCUT2D eigenvalue weighted by atomic mass is 32.2. The molecule has 3 unspecified atom stereocenters. The predicted molar refractivity (Wildman–Crippen MR) is 58.4 cm³/mol. The molecule has 2 rings (SSSR count). The van der Waals surface area contributed by atoms with Gasteiger partial charge in [-0.25, -0.2) is 8.42 Å². The van der Waals surface area contributed by atoms with Crippen LogP contribution in [0, 0.1) is 11.8 Å². The van der Waals surface area contributed by atoms with E-state index in [9.17, 15) is 13.5 Å². The molecule has 15 heavy (non-hydrogen) atoms. The van der Waals surface area contributed by atoms with Crippen LogP contribution in [0.1, 0.15) is 19.3 Å². The number of β-amino-alcohol motifs (C(OH)–C–C–N with tert-alkyl or cyclic N) is 1. The topological polar surface area (TPSA) is 66.4 Å². The summed E-state index contributed by atoms with van der Waals surface area (Å²) in [5.41, 5.74) is 0. The number of aliphatic hydroxyl groups is 1. The molecule has 0 aromatic rings. The van der Waals surface area contributed by atoms with Crippen molar-refractivity contribution in [3.05, 3.63) is 0 Å². The Hall–Kier alpha value is -0.130. The SMILES string of the molecule is O=S1(=O)CCCC(C2CCNCC2O)C1. The van der Waals surface area contributed by atoms with Gasteiger partial charge >= 0.3 is 0 Å². The summed E-state index contributed by atoms with van der Waals surface area (Å²) in [6.07, 6.45) is 2.27. The number of hydrogen-bond acceptors (Lipinski definition) is 4. The van der Waals surface area contributed by atoms with Gasteiger partial charge in [0.05, 0.1) is 17.6 Å². The fraction of sp³-hybridized carbons (Fsp3) is 1.00. The van der Waals surface area contributed by atoms with E-state index in [1.165, 1.54) is 0 Å². The quantitative estimate of drug-likeness (QED) is 0.657. The molecule has 2 saturated heterocycles. The lowest BCUT2D eigenvalue weighted by Crippen LogP contribution is -2.46. The average molecular weight is 233 g/mol. The second kappa shape index (κ2) is 4.39. The van der Waals surface area contributed by atoms with Crippen molar-refractivity contribution >= 4 is 9.84 Å². The molecule has 4 nitrogen and oxygen atoms in total. The van der Waals surface area contributed by atoms with E-state index in [2.05, 4.69) is 5.32 Å². The molecule has 2 N–H and O–H groups in total. The lowest BCUT2D eigenvalue weighted by molar-refractivity contribution is 0.0498. The number of rotatable bonds is 1. The van der Waals surface area contributed by atoms with E-state index >= 15 is 0 Å². The highest BCUT2D eigenvalue weighted by molar-refractivity contribution is 7.91. The fourth-order valence-corrected chi connectivity index (χ4v) is 4.65. The minimum atomic E-state index is -2.84. The molecule has 88 valence electrons. The molecule has 0 aromatic carbocycles. The van der Waals surface area contributed by atoms with Gasteiger partial charge in [-0.15, -0.1) is 0 Å². The van der Waals surface area contributed by atoms with E-state index in [1.807, 2.05) is 0 Å². The first-order chi connectivity index (χ1) is 7.08. The summed E-state index contributed by atoms with van der Waals surface area (Å²) >= 11 is 0. The molecule has 3 atom stereocenters. The number of aliphatic hydroxyl groups excluding tert-OH is 1. The summed E-state index contributed by atoms with van der Waals surface area (Å²) in [6.45, 7) is 1.51. The van der Waals surface area contributed by atoms with Crippen molar-refractivity contribution in [2.24, 2.45) is 11.8 Å². The van der Waals surface area contributed by atoms with E-state index < -0.39 is 9.84 Å². The van der Waals surface area contributed by atoms with Crippen LogP contribution in [0.2, 0.25) is 0 Å². The van der Waals surface area contributed by atoms with Crippen molar-refractivity contribution in [2.45, 2.75) is 25.4 Å². The summed E-state index contributed by atoms with van der Waals surface area (Å²) in [5, 5.41) is 13.0. The second-order valence-electron chi connectivity index (χ2n) is 4.74. The van der Waals surface area contributed by atoms with Gasteiger partial charge in [-0.05, 0) is 37.6 Å². The lowest BCUT2D eigenvalue weighted by Gasteiger charge is -2.36. The van der Waals surface area contributed by atoms with E-state index in [4.69, 9.17) is 0 Å². The number of piperidine rings is 1. The van der Waals surface area contributed by atoms with Gasteiger partial charge in [-0.2, -0.15) is 0 Å². The first kappa shape index (κ1) is 11.4. The van der Waals surface area contributed by atoms with Crippen LogP contribution in [-0.2, 0) is 9.84 Å². The molecule has 5 heteroatoms. The molecule has 2 heterocycles. The molecule has 0 amide bonds. The smallest absolute Gasteiger partial charge is 0.150 e. The van der Waals surface area contributed by atoms with Crippen molar-refractivity contribution in [3.63, 3.8) is 0 Å². The second-order valence-corrected chi connectivity index (χ2v) is 6.97. The summed E-state index contributed by atoms with van der Waals surface area (Å²) in [6, 6.07) is 0. The van der Waals surface area contributed by atoms with E-state index in [1.54, 1.807) is 0 Å². The molecule has 2 aliphatic rings. The first-order valence-corrected chi connectivity index (χ1v) is 7.50. The third-order valence-electron chi connectivity index (χ3n) is 3.61. The summed E-state index contributed by atoms with van der Waals surface area (Å²) in [5.74, 6) is 0.987. The highest BCUT2D eigenvalue weighted by Gasteiger charge is 2.35. The molecule has 2 fully saturated rings. The number of nitrogens with one attached hydrogen (secondary N) is 1. The van der Waals surface area contributed by atoms with Crippen molar-refractivity contribution in [1.29, 1.82) is 0 Å². The lowest BCUT2D eigenvalue weighted by atomic mass is 9.81. The van der Waals surface area contributed by atoms with Gasteiger partial charge < -0.3 is 10.4 Å². The van der Waals surface area contributed by atoms with Gasteiger partial charge in [0.1, 0.15) is 0 Å². The Morgan fingerprint density at radius 3 is 2.73 bits per heavy atom. The predicted octanol–water partition coefficient (Wildman–Crippen LogP) is -0.218. The maximum atomic E-state index is 11.5. The summed E-state index contributed by atoms with van der Waals surface area (Å²) < 4.78 is 23.0. The van der Waals surface area contributed by atoms with E-state index in [0.717, 1.165) is 25.8 Å². The Kier molecular flexibility index (Phi) is 3.33. The maximum absolute atomic E-state index is 11.5. The van der Waals surface area contributed by atoms with E-state index in [-0.39, 0.29) is 23.7 Å². The van der Waals surface area contributed by atoms with Crippen LogP contribution < -0.4 is 5.32 Å². The Morgan fingerprint density at radius 2 is 2.07 bits per heavy atom. The maximum Gasteiger partial charge on any atom is 0.150 e. The molecular weight excluding hydrogens is 214 g/mol. The fourth-order valence-electron chi connectivity index (χ4n) is 2.81. The number of hydrogen-bond donors (Lipinski definition) is 2. The molecule has 0 aliphatic carbocycles. The Labute approximate surface area is 91.0 Å². The van der Waals surface area contributed by atoms with Gasteiger partial charge in [0, 0.05) is 6.54 Å². The van der Waals surface area contributed by atoms with Crippen molar-refractivity contribution in [1.82, 2.24) is 5.32 Å². The normalized spacial score (nSPS) is 41.3. The summed E-state index contributed by atoms with van der Waals surface area (Å²) in [7, 11) is -2.84.